The van der Waals surface area contributed by atoms with E-state index in [2.05, 4.69) is 10.2 Å². The molecule has 0 aromatic carbocycles. The number of nitrogens with zero attached hydrogens (tertiary/aromatic N) is 1. The Labute approximate surface area is 135 Å². The lowest BCUT2D eigenvalue weighted by Gasteiger charge is -2.27. The number of carbonyl (C=O) groups excluding carboxylic acids is 2. The van der Waals surface area contributed by atoms with Crippen LogP contribution in [0.2, 0.25) is 0 Å². The number of rotatable bonds is 7. The van der Waals surface area contributed by atoms with Crippen molar-refractivity contribution in [2.75, 3.05) is 39.5 Å². The summed E-state index contributed by atoms with van der Waals surface area (Å²) in [6.45, 7) is 7.81. The fourth-order valence-corrected chi connectivity index (χ4v) is 2.31. The summed E-state index contributed by atoms with van der Waals surface area (Å²) >= 11 is 0. The molecule has 1 aliphatic heterocycles. The van der Waals surface area contributed by atoms with Gasteiger partial charge in [0, 0.05) is 19.6 Å². The number of amides is 1. The molecule has 0 unspecified atom stereocenters. The predicted octanol–water partition coefficient (Wildman–Crippen LogP) is 0.909. The van der Waals surface area contributed by atoms with E-state index in [0.717, 1.165) is 13.1 Å². The van der Waals surface area contributed by atoms with Crippen LogP contribution in [0, 0.1) is 5.92 Å². The largest absolute Gasteiger partial charge is 0.463 e. The van der Waals surface area contributed by atoms with Gasteiger partial charge in [0.15, 0.2) is 5.76 Å². The highest BCUT2D eigenvalue weighted by molar-refractivity contribution is 5.94. The molecule has 1 aromatic rings. The zero-order valence-electron chi connectivity index (χ0n) is 13.6. The standard InChI is InChI=1S/C16H24N2O5/c1-12(2)14(17-15(19)13-4-3-8-22-13)16(20)23-11-7-18-5-9-21-10-6-18/h3-4,8,12,14H,5-7,9-11H2,1-2H3,(H,17,19)/t14-/m0/s1. The van der Waals surface area contributed by atoms with Gasteiger partial charge < -0.3 is 19.2 Å². The zero-order valence-corrected chi connectivity index (χ0v) is 13.6. The van der Waals surface area contributed by atoms with Gasteiger partial charge in [-0.1, -0.05) is 13.8 Å². The molecule has 7 nitrogen and oxygen atoms in total. The third-order valence-corrected chi connectivity index (χ3v) is 3.71. The van der Waals surface area contributed by atoms with Crippen LogP contribution >= 0.6 is 0 Å². The molecule has 1 fully saturated rings. The van der Waals surface area contributed by atoms with Crippen LogP contribution in [0.3, 0.4) is 0 Å². The maximum absolute atomic E-state index is 12.2. The van der Waals surface area contributed by atoms with Crippen LogP contribution in [-0.4, -0.2) is 62.3 Å². The van der Waals surface area contributed by atoms with Gasteiger partial charge in [0.25, 0.3) is 5.91 Å². The number of esters is 1. The minimum atomic E-state index is -0.697. The quantitative estimate of drug-likeness (QED) is 0.751. The first kappa shape index (κ1) is 17.5. The van der Waals surface area contributed by atoms with E-state index in [4.69, 9.17) is 13.9 Å². The van der Waals surface area contributed by atoms with Crippen molar-refractivity contribution in [3.8, 4) is 0 Å². The van der Waals surface area contributed by atoms with E-state index in [1.165, 1.54) is 6.26 Å². The summed E-state index contributed by atoms with van der Waals surface area (Å²) in [7, 11) is 0. The van der Waals surface area contributed by atoms with Crippen molar-refractivity contribution >= 4 is 11.9 Å². The minimum Gasteiger partial charge on any atom is -0.463 e. The van der Waals surface area contributed by atoms with E-state index < -0.39 is 17.9 Å². The molecule has 128 valence electrons. The van der Waals surface area contributed by atoms with E-state index in [0.29, 0.717) is 26.4 Å². The van der Waals surface area contributed by atoms with Crippen molar-refractivity contribution < 1.29 is 23.5 Å². The third kappa shape index (κ3) is 5.37. The second kappa shape index (κ2) is 8.69. The third-order valence-electron chi connectivity index (χ3n) is 3.71. The lowest BCUT2D eigenvalue weighted by atomic mass is 10.0. The van der Waals surface area contributed by atoms with Crippen molar-refractivity contribution in [2.45, 2.75) is 19.9 Å². The van der Waals surface area contributed by atoms with E-state index in [1.807, 2.05) is 13.8 Å². The fourth-order valence-electron chi connectivity index (χ4n) is 2.31. The number of morpholine rings is 1. The molecule has 2 rings (SSSR count). The molecule has 0 aliphatic carbocycles. The predicted molar refractivity (Wildman–Crippen MR) is 83.0 cm³/mol. The van der Waals surface area contributed by atoms with E-state index in [-0.39, 0.29) is 11.7 Å². The summed E-state index contributed by atoms with van der Waals surface area (Å²) in [5, 5.41) is 2.67. The second-order valence-electron chi connectivity index (χ2n) is 5.79. The second-order valence-corrected chi connectivity index (χ2v) is 5.79. The molecule has 0 bridgehead atoms. The van der Waals surface area contributed by atoms with Gasteiger partial charge in [-0.25, -0.2) is 4.79 Å². The normalized spacial score (nSPS) is 17.0. The lowest BCUT2D eigenvalue weighted by Crippen LogP contribution is -2.46. The molecular weight excluding hydrogens is 300 g/mol. The average Bonchev–Trinajstić information content (AvgIpc) is 3.07. The summed E-state index contributed by atoms with van der Waals surface area (Å²) < 4.78 is 15.6. The van der Waals surface area contributed by atoms with Gasteiger partial charge >= 0.3 is 5.97 Å². The molecule has 0 saturated carbocycles. The van der Waals surface area contributed by atoms with Crippen molar-refractivity contribution in [3.05, 3.63) is 24.2 Å². The number of hydrogen-bond acceptors (Lipinski definition) is 6. The van der Waals surface area contributed by atoms with Gasteiger partial charge in [-0.05, 0) is 18.1 Å². The highest BCUT2D eigenvalue weighted by atomic mass is 16.5. The maximum atomic E-state index is 12.2. The van der Waals surface area contributed by atoms with Crippen LogP contribution in [-0.2, 0) is 14.3 Å². The summed E-state index contributed by atoms with van der Waals surface area (Å²) in [4.78, 5) is 26.4. The zero-order chi connectivity index (χ0) is 16.7. The van der Waals surface area contributed by atoms with Gasteiger partial charge in [-0.2, -0.15) is 0 Å². The number of ether oxygens (including phenoxy) is 2. The Hall–Kier alpha value is -1.86. The highest BCUT2D eigenvalue weighted by Crippen LogP contribution is 2.07. The molecular formula is C16H24N2O5. The van der Waals surface area contributed by atoms with Crippen LogP contribution in [0.25, 0.3) is 0 Å². The van der Waals surface area contributed by atoms with Gasteiger partial charge in [0.1, 0.15) is 12.6 Å². The molecule has 0 spiro atoms. The van der Waals surface area contributed by atoms with Gasteiger partial charge in [0.2, 0.25) is 0 Å². The Morgan fingerprint density at radius 1 is 1.35 bits per heavy atom. The van der Waals surface area contributed by atoms with Crippen molar-refractivity contribution in [1.29, 1.82) is 0 Å². The molecule has 1 aliphatic rings. The Balaban J connectivity index is 1.79. The monoisotopic (exact) mass is 324 g/mol. The number of carbonyl (C=O) groups is 2. The Morgan fingerprint density at radius 3 is 2.70 bits per heavy atom. The molecule has 2 heterocycles. The van der Waals surface area contributed by atoms with E-state index in [1.54, 1.807) is 12.1 Å². The first-order valence-corrected chi connectivity index (χ1v) is 7.89. The van der Waals surface area contributed by atoms with Crippen molar-refractivity contribution in [3.63, 3.8) is 0 Å². The topological polar surface area (TPSA) is 81.0 Å². The van der Waals surface area contributed by atoms with Crippen molar-refractivity contribution in [2.24, 2.45) is 5.92 Å². The first-order valence-electron chi connectivity index (χ1n) is 7.89. The summed E-state index contributed by atoms with van der Waals surface area (Å²) in [6.07, 6.45) is 1.42. The Kier molecular flexibility index (Phi) is 6.61. The molecule has 1 amide bonds. The average molecular weight is 324 g/mol. The van der Waals surface area contributed by atoms with E-state index >= 15 is 0 Å². The lowest BCUT2D eigenvalue weighted by molar-refractivity contribution is -0.147. The van der Waals surface area contributed by atoms with Crippen molar-refractivity contribution in [1.82, 2.24) is 10.2 Å². The summed E-state index contributed by atoms with van der Waals surface area (Å²) in [5.41, 5.74) is 0. The SMILES string of the molecule is CC(C)[C@H](NC(=O)c1ccco1)C(=O)OCCN1CCOCC1. The molecule has 1 saturated heterocycles. The van der Waals surface area contributed by atoms with E-state index in [9.17, 15) is 9.59 Å². The van der Waals surface area contributed by atoms with Crippen LogP contribution in [0.5, 0.6) is 0 Å². The molecule has 1 aromatic heterocycles. The highest BCUT2D eigenvalue weighted by Gasteiger charge is 2.27. The van der Waals surface area contributed by atoms with Gasteiger partial charge in [0.05, 0.1) is 19.5 Å². The Bertz CT molecular complexity index is 495. The van der Waals surface area contributed by atoms with Crippen LogP contribution in [0.15, 0.2) is 22.8 Å². The molecule has 1 N–H and O–H groups in total. The smallest absolute Gasteiger partial charge is 0.328 e. The van der Waals surface area contributed by atoms with Crippen LogP contribution < -0.4 is 5.32 Å². The van der Waals surface area contributed by atoms with Crippen LogP contribution in [0.1, 0.15) is 24.4 Å². The first-order chi connectivity index (χ1) is 11.1. The summed E-state index contributed by atoms with van der Waals surface area (Å²) in [5.74, 6) is -0.742. The molecule has 1 atom stereocenters. The summed E-state index contributed by atoms with van der Waals surface area (Å²) in [6, 6.07) is 2.48. The Morgan fingerprint density at radius 2 is 2.09 bits per heavy atom. The fraction of sp³-hybridized carbons (Fsp3) is 0.625. The molecule has 7 heteroatoms. The number of nitrogens with one attached hydrogen (secondary N) is 1. The molecule has 23 heavy (non-hydrogen) atoms. The molecule has 0 radical (unpaired) electrons. The van der Waals surface area contributed by atoms with Crippen LogP contribution in [0.4, 0.5) is 0 Å². The van der Waals surface area contributed by atoms with Gasteiger partial charge in [-0.15, -0.1) is 0 Å². The number of hydrogen-bond donors (Lipinski definition) is 1. The minimum absolute atomic E-state index is 0.0789. The van der Waals surface area contributed by atoms with Gasteiger partial charge in [-0.3, -0.25) is 9.69 Å². The number of furan rings is 1. The maximum Gasteiger partial charge on any atom is 0.328 e.